The molecule has 0 saturated carbocycles. The molecule has 0 radical (unpaired) electrons. The van der Waals surface area contributed by atoms with Crippen LogP contribution in [0.4, 0.5) is 0 Å². The number of carbonyl (C=O) groups excluding carboxylic acids is 8. The minimum atomic E-state index is -2.20. The van der Waals surface area contributed by atoms with Crippen molar-refractivity contribution < 1.29 is 66.8 Å². The SMILES string of the molecule is COc1cccc2c1C(=O)c1c(OC(C)=O)c3c(c(OC(C)=O)c1C2=O)C[C@](OC(C)=O)(C(=O)COC(C)=O)C[C@@H]3OC(C)=O. The Kier molecular flexibility index (Phi) is 8.89. The normalized spacial score (nSPS) is 18.0. The molecule has 45 heavy (non-hydrogen) atoms. The Balaban J connectivity index is 2.17. The number of methoxy groups -OCH3 is 1. The number of rotatable bonds is 8. The zero-order chi connectivity index (χ0) is 33.4. The summed E-state index contributed by atoms with van der Waals surface area (Å²) >= 11 is 0. The highest BCUT2D eigenvalue weighted by molar-refractivity contribution is 6.31. The Bertz CT molecular complexity index is 1700. The third-order valence-electron chi connectivity index (χ3n) is 7.07. The van der Waals surface area contributed by atoms with Gasteiger partial charge in [0.05, 0.1) is 23.8 Å². The summed E-state index contributed by atoms with van der Waals surface area (Å²) in [7, 11) is 1.28. The van der Waals surface area contributed by atoms with Crippen molar-refractivity contribution in [2.45, 2.75) is 59.2 Å². The summed E-state index contributed by atoms with van der Waals surface area (Å²) in [6.45, 7) is 4.28. The number of benzene rings is 2. The molecule has 2 aromatic carbocycles. The quantitative estimate of drug-likeness (QED) is 0.201. The largest absolute Gasteiger partial charge is 0.496 e. The minimum Gasteiger partial charge on any atom is -0.496 e. The van der Waals surface area contributed by atoms with Gasteiger partial charge in [0.15, 0.2) is 18.0 Å². The monoisotopic (exact) mass is 624 g/mol. The van der Waals surface area contributed by atoms with Crippen LogP contribution in [0.3, 0.4) is 0 Å². The average molecular weight is 625 g/mol. The maximum absolute atomic E-state index is 14.2. The molecule has 14 heteroatoms. The zero-order valence-corrected chi connectivity index (χ0v) is 25.1. The highest BCUT2D eigenvalue weighted by atomic mass is 16.6. The molecular formula is C31H28O14. The summed E-state index contributed by atoms with van der Waals surface area (Å²) in [6, 6.07) is 4.24. The zero-order valence-electron chi connectivity index (χ0n) is 25.1. The van der Waals surface area contributed by atoms with E-state index in [1.165, 1.54) is 25.3 Å². The molecular weight excluding hydrogens is 596 g/mol. The van der Waals surface area contributed by atoms with Crippen LogP contribution in [-0.4, -0.2) is 66.5 Å². The Hall–Kier alpha value is -5.40. The summed E-state index contributed by atoms with van der Waals surface area (Å²) in [5.41, 5.74) is -3.85. The van der Waals surface area contributed by atoms with Crippen LogP contribution in [0.25, 0.3) is 0 Å². The molecule has 2 aliphatic rings. The molecule has 0 bridgehead atoms. The number of ether oxygens (including phenoxy) is 6. The molecule has 0 heterocycles. The Morgan fingerprint density at radius 1 is 0.778 bits per heavy atom. The predicted molar refractivity (Wildman–Crippen MR) is 148 cm³/mol. The van der Waals surface area contributed by atoms with Crippen LogP contribution in [0.15, 0.2) is 18.2 Å². The number of hydrogen-bond acceptors (Lipinski definition) is 14. The second-order valence-electron chi connectivity index (χ2n) is 10.3. The van der Waals surface area contributed by atoms with E-state index in [0.29, 0.717) is 0 Å². The van der Waals surface area contributed by atoms with Gasteiger partial charge in [-0.1, -0.05) is 12.1 Å². The molecule has 0 unspecified atom stereocenters. The van der Waals surface area contributed by atoms with Crippen LogP contribution in [-0.2, 0) is 49.4 Å². The van der Waals surface area contributed by atoms with Crippen molar-refractivity contribution in [2.75, 3.05) is 13.7 Å². The van der Waals surface area contributed by atoms with E-state index in [0.717, 1.165) is 34.6 Å². The highest BCUT2D eigenvalue weighted by Gasteiger charge is 2.54. The van der Waals surface area contributed by atoms with E-state index in [-0.39, 0.29) is 28.0 Å². The molecule has 14 nitrogen and oxygen atoms in total. The van der Waals surface area contributed by atoms with Crippen molar-refractivity contribution in [3.05, 3.63) is 51.6 Å². The standard InChI is InChI=1S/C31H28O14/c1-13(32)41-12-22(37)31(45-17(5)36)10-19-24(21(11-31)42-14(2)33)30(44-16(4)35)26-25(29(19)43-15(3)34)27(38)18-8-7-9-20(40-6)23(18)28(26)39/h7-9,21H,10-12H2,1-6H3/t21-,31+/m0/s1. The van der Waals surface area contributed by atoms with E-state index in [1.54, 1.807) is 0 Å². The summed E-state index contributed by atoms with van der Waals surface area (Å²) < 4.78 is 32.3. The number of fused-ring (bicyclic) bond motifs is 3. The molecule has 2 aromatic rings. The molecule has 2 aliphatic carbocycles. The van der Waals surface area contributed by atoms with Crippen molar-refractivity contribution >= 4 is 47.2 Å². The van der Waals surface area contributed by atoms with Gasteiger partial charge in [-0.3, -0.25) is 38.4 Å². The Morgan fingerprint density at radius 2 is 1.40 bits per heavy atom. The van der Waals surface area contributed by atoms with Crippen molar-refractivity contribution in [2.24, 2.45) is 0 Å². The van der Waals surface area contributed by atoms with E-state index >= 15 is 0 Å². The van der Waals surface area contributed by atoms with Crippen LogP contribution >= 0.6 is 0 Å². The molecule has 0 amide bonds. The van der Waals surface area contributed by atoms with Gasteiger partial charge in [-0.05, 0) is 6.07 Å². The Labute approximate surface area is 255 Å². The topological polar surface area (TPSA) is 192 Å². The van der Waals surface area contributed by atoms with Crippen molar-refractivity contribution in [3.63, 3.8) is 0 Å². The van der Waals surface area contributed by atoms with Gasteiger partial charge >= 0.3 is 29.8 Å². The van der Waals surface area contributed by atoms with Gasteiger partial charge in [0.25, 0.3) is 0 Å². The number of ketones is 3. The molecule has 0 N–H and O–H groups in total. The first-order valence-corrected chi connectivity index (χ1v) is 13.5. The number of hydrogen-bond donors (Lipinski definition) is 0. The molecule has 236 valence electrons. The van der Waals surface area contributed by atoms with Crippen LogP contribution in [0.2, 0.25) is 0 Å². The summed E-state index contributed by atoms with van der Waals surface area (Å²) in [5, 5.41) is 0. The molecule has 2 atom stereocenters. The van der Waals surface area contributed by atoms with E-state index in [4.69, 9.17) is 28.4 Å². The fraction of sp³-hybridized carbons (Fsp3) is 0.355. The first kappa shape index (κ1) is 32.5. The molecule has 0 saturated heterocycles. The van der Waals surface area contributed by atoms with Crippen molar-refractivity contribution in [3.8, 4) is 17.2 Å². The lowest BCUT2D eigenvalue weighted by molar-refractivity contribution is -0.176. The van der Waals surface area contributed by atoms with Gasteiger partial charge in [-0.2, -0.15) is 0 Å². The van der Waals surface area contributed by atoms with Crippen molar-refractivity contribution in [1.29, 1.82) is 0 Å². The molecule has 0 aromatic heterocycles. The van der Waals surface area contributed by atoms with Gasteiger partial charge < -0.3 is 28.4 Å². The summed E-state index contributed by atoms with van der Waals surface area (Å²) in [6.07, 6.45) is -2.80. The Morgan fingerprint density at radius 3 is 1.96 bits per heavy atom. The molecule has 0 aliphatic heterocycles. The third kappa shape index (κ3) is 6.03. The fourth-order valence-electron chi connectivity index (χ4n) is 5.59. The number of Topliss-reactive ketones (excluding diaryl/α,β-unsaturated/α-hetero) is 1. The highest BCUT2D eigenvalue weighted by Crippen LogP contribution is 2.53. The maximum Gasteiger partial charge on any atom is 0.308 e. The number of esters is 5. The second-order valence-corrected chi connectivity index (χ2v) is 10.3. The van der Waals surface area contributed by atoms with Crippen LogP contribution in [0, 0.1) is 0 Å². The van der Waals surface area contributed by atoms with E-state index in [9.17, 15) is 38.4 Å². The van der Waals surface area contributed by atoms with Crippen molar-refractivity contribution in [1.82, 2.24) is 0 Å². The summed E-state index contributed by atoms with van der Waals surface area (Å²) in [5.74, 6) is -8.13. The fourth-order valence-corrected chi connectivity index (χ4v) is 5.59. The lowest BCUT2D eigenvalue weighted by atomic mass is 9.71. The first-order valence-electron chi connectivity index (χ1n) is 13.5. The smallest absolute Gasteiger partial charge is 0.308 e. The summed E-state index contributed by atoms with van der Waals surface area (Å²) in [4.78, 5) is 103. The number of carbonyl (C=O) groups is 8. The van der Waals surface area contributed by atoms with E-state index in [1.807, 2.05) is 0 Å². The third-order valence-corrected chi connectivity index (χ3v) is 7.07. The van der Waals surface area contributed by atoms with Crippen LogP contribution < -0.4 is 14.2 Å². The maximum atomic E-state index is 14.2. The average Bonchev–Trinajstić information content (AvgIpc) is 2.93. The lowest BCUT2D eigenvalue weighted by Crippen LogP contribution is -2.51. The minimum absolute atomic E-state index is 0.0264. The second kappa shape index (κ2) is 12.3. The molecule has 4 rings (SSSR count). The predicted octanol–water partition coefficient (Wildman–Crippen LogP) is 2.31. The molecule has 0 spiro atoms. The van der Waals surface area contributed by atoms with E-state index in [2.05, 4.69) is 0 Å². The molecule has 0 fully saturated rings. The van der Waals surface area contributed by atoms with Gasteiger partial charge in [0.1, 0.15) is 23.4 Å². The van der Waals surface area contributed by atoms with E-state index < -0.39 is 101 Å². The van der Waals surface area contributed by atoms with Gasteiger partial charge in [0, 0.05) is 64.2 Å². The van der Waals surface area contributed by atoms with Gasteiger partial charge in [-0.15, -0.1) is 0 Å². The lowest BCUT2D eigenvalue weighted by Gasteiger charge is -2.41. The van der Waals surface area contributed by atoms with Crippen LogP contribution in [0.1, 0.15) is 90.1 Å². The van der Waals surface area contributed by atoms with Gasteiger partial charge in [0.2, 0.25) is 11.6 Å². The van der Waals surface area contributed by atoms with Gasteiger partial charge in [-0.25, -0.2) is 0 Å². The first-order chi connectivity index (χ1) is 21.1. The van der Waals surface area contributed by atoms with Crippen LogP contribution in [0.5, 0.6) is 17.2 Å².